The van der Waals surface area contributed by atoms with E-state index in [0.717, 1.165) is 38.0 Å². The molecule has 5 heteroatoms. The van der Waals surface area contributed by atoms with Crippen LogP contribution in [0.4, 0.5) is 0 Å². The van der Waals surface area contributed by atoms with Crippen LogP contribution in [0.15, 0.2) is 0 Å². The molecule has 0 spiro atoms. The van der Waals surface area contributed by atoms with E-state index in [1.165, 1.54) is 6.42 Å². The van der Waals surface area contributed by atoms with E-state index in [-0.39, 0.29) is 11.3 Å². The van der Waals surface area contributed by atoms with Crippen molar-refractivity contribution in [2.75, 3.05) is 12.3 Å². The molecule has 1 aliphatic rings. The van der Waals surface area contributed by atoms with Gasteiger partial charge in [-0.2, -0.15) is 0 Å². The normalized spacial score (nSPS) is 29.4. The monoisotopic (exact) mass is 276 g/mol. The molecule has 0 amide bonds. The summed E-state index contributed by atoms with van der Waals surface area (Å²) in [7, 11) is -3.17. The van der Waals surface area contributed by atoms with Crippen molar-refractivity contribution in [1.29, 1.82) is 0 Å². The van der Waals surface area contributed by atoms with Gasteiger partial charge >= 0.3 is 0 Å². The lowest BCUT2D eigenvalue weighted by atomic mass is 9.76. The summed E-state index contributed by atoms with van der Waals surface area (Å²) in [6, 6.07) is 0. The summed E-state index contributed by atoms with van der Waals surface area (Å²) in [6.07, 6.45) is 6.74. The molecule has 4 nitrogen and oxygen atoms in total. The molecule has 0 bridgehead atoms. The third-order valence-corrected chi connectivity index (χ3v) is 5.74. The number of sulfonamides is 1. The second-order valence-corrected chi connectivity index (χ2v) is 7.45. The van der Waals surface area contributed by atoms with Crippen molar-refractivity contribution in [2.24, 2.45) is 11.7 Å². The molecule has 1 saturated carbocycles. The Labute approximate surface area is 112 Å². The molecule has 0 aromatic carbocycles. The minimum Gasteiger partial charge on any atom is -0.329 e. The fraction of sp³-hybridized carbons (Fsp3) is 1.00. The highest BCUT2D eigenvalue weighted by Crippen LogP contribution is 2.33. The second kappa shape index (κ2) is 6.87. The van der Waals surface area contributed by atoms with Crippen LogP contribution in [0.1, 0.15) is 58.8 Å². The smallest absolute Gasteiger partial charge is 0.212 e. The van der Waals surface area contributed by atoms with Crippen LogP contribution >= 0.6 is 0 Å². The molecule has 0 radical (unpaired) electrons. The first kappa shape index (κ1) is 15.9. The molecule has 3 N–H and O–H groups in total. The van der Waals surface area contributed by atoms with Gasteiger partial charge in [-0.3, -0.25) is 0 Å². The number of hydrogen-bond donors (Lipinski definition) is 2. The third kappa shape index (κ3) is 4.52. The van der Waals surface area contributed by atoms with Crippen molar-refractivity contribution in [2.45, 2.75) is 64.3 Å². The number of nitrogens with one attached hydrogen (secondary N) is 1. The Hall–Kier alpha value is -0.130. The average Bonchev–Trinajstić information content (AvgIpc) is 2.37. The maximum Gasteiger partial charge on any atom is 0.212 e. The maximum absolute atomic E-state index is 12.0. The van der Waals surface area contributed by atoms with Crippen LogP contribution in [0.25, 0.3) is 0 Å². The predicted octanol–water partition coefficient (Wildman–Crippen LogP) is 2.00. The molecule has 0 saturated heterocycles. The van der Waals surface area contributed by atoms with Gasteiger partial charge in [-0.1, -0.05) is 26.7 Å². The SMILES string of the molecule is CCCCS(=O)(=O)NC1(CN)CCC(CC)CC1. The molecule has 0 aromatic heterocycles. The second-order valence-electron chi connectivity index (χ2n) is 5.61. The van der Waals surface area contributed by atoms with Gasteiger partial charge in [0.1, 0.15) is 0 Å². The highest BCUT2D eigenvalue weighted by atomic mass is 32.2. The van der Waals surface area contributed by atoms with Crippen molar-refractivity contribution in [3.63, 3.8) is 0 Å². The van der Waals surface area contributed by atoms with E-state index in [2.05, 4.69) is 11.6 Å². The molecule has 0 heterocycles. The fourth-order valence-electron chi connectivity index (χ4n) is 2.70. The average molecular weight is 276 g/mol. The lowest BCUT2D eigenvalue weighted by molar-refractivity contribution is 0.217. The van der Waals surface area contributed by atoms with Gasteiger partial charge in [-0.25, -0.2) is 13.1 Å². The van der Waals surface area contributed by atoms with Crippen molar-refractivity contribution in [3.05, 3.63) is 0 Å². The van der Waals surface area contributed by atoms with Gasteiger partial charge in [0.25, 0.3) is 0 Å². The fourth-order valence-corrected chi connectivity index (χ4v) is 4.42. The molecule has 1 fully saturated rings. The number of hydrogen-bond acceptors (Lipinski definition) is 3. The molecule has 0 atom stereocenters. The van der Waals surface area contributed by atoms with E-state index in [0.29, 0.717) is 13.0 Å². The summed E-state index contributed by atoms with van der Waals surface area (Å²) in [5.74, 6) is 0.965. The number of rotatable bonds is 7. The summed E-state index contributed by atoms with van der Waals surface area (Å²) in [6.45, 7) is 4.61. The van der Waals surface area contributed by atoms with Gasteiger partial charge in [0, 0.05) is 12.1 Å². The Bertz CT molecular complexity index is 333. The summed E-state index contributed by atoms with van der Waals surface area (Å²) in [4.78, 5) is 0. The van der Waals surface area contributed by atoms with Gasteiger partial charge in [0.05, 0.1) is 5.75 Å². The molecular weight excluding hydrogens is 248 g/mol. The van der Waals surface area contributed by atoms with Crippen molar-refractivity contribution >= 4 is 10.0 Å². The summed E-state index contributed by atoms with van der Waals surface area (Å²) < 4.78 is 26.9. The Kier molecular flexibility index (Phi) is 6.08. The molecule has 108 valence electrons. The van der Waals surface area contributed by atoms with Crippen LogP contribution in [0.2, 0.25) is 0 Å². The largest absolute Gasteiger partial charge is 0.329 e. The van der Waals surface area contributed by atoms with Gasteiger partial charge in [0.15, 0.2) is 0 Å². The molecule has 0 unspecified atom stereocenters. The van der Waals surface area contributed by atoms with Crippen LogP contribution in [0, 0.1) is 5.92 Å². The lowest BCUT2D eigenvalue weighted by Gasteiger charge is -2.39. The molecule has 1 aliphatic carbocycles. The van der Waals surface area contributed by atoms with E-state index < -0.39 is 10.0 Å². The zero-order chi connectivity index (χ0) is 13.6. The van der Waals surface area contributed by atoms with Gasteiger partial charge in [0.2, 0.25) is 10.0 Å². The van der Waals surface area contributed by atoms with Crippen LogP contribution < -0.4 is 10.5 Å². The molecule has 0 aliphatic heterocycles. The first-order valence-electron chi connectivity index (χ1n) is 7.18. The highest BCUT2D eigenvalue weighted by Gasteiger charge is 2.36. The van der Waals surface area contributed by atoms with Crippen LogP contribution in [0.3, 0.4) is 0 Å². The first-order valence-corrected chi connectivity index (χ1v) is 8.84. The Morgan fingerprint density at radius 3 is 2.33 bits per heavy atom. The summed E-state index contributed by atoms with van der Waals surface area (Å²) in [5.41, 5.74) is 5.46. The van der Waals surface area contributed by atoms with E-state index in [9.17, 15) is 8.42 Å². The molecule has 18 heavy (non-hydrogen) atoms. The van der Waals surface area contributed by atoms with Gasteiger partial charge in [-0.05, 0) is 38.0 Å². The quantitative estimate of drug-likeness (QED) is 0.747. The minimum absolute atomic E-state index is 0.225. The topological polar surface area (TPSA) is 72.2 Å². The molecular formula is C13H28N2O2S. The van der Waals surface area contributed by atoms with Crippen LogP contribution in [0.5, 0.6) is 0 Å². The Morgan fingerprint density at radius 1 is 1.28 bits per heavy atom. The zero-order valence-electron chi connectivity index (χ0n) is 11.7. The van der Waals surface area contributed by atoms with Gasteiger partial charge in [-0.15, -0.1) is 0 Å². The van der Waals surface area contributed by atoms with E-state index in [4.69, 9.17) is 5.73 Å². The van der Waals surface area contributed by atoms with Gasteiger partial charge < -0.3 is 5.73 Å². The third-order valence-electron chi connectivity index (χ3n) is 4.17. The maximum atomic E-state index is 12.0. The Balaban J connectivity index is 2.61. The first-order chi connectivity index (χ1) is 8.47. The lowest BCUT2D eigenvalue weighted by Crippen LogP contribution is -2.55. The Morgan fingerprint density at radius 2 is 1.89 bits per heavy atom. The van der Waals surface area contributed by atoms with Crippen molar-refractivity contribution in [1.82, 2.24) is 4.72 Å². The standard InChI is InChI=1S/C13H28N2O2S/c1-3-5-10-18(16,17)15-13(11-14)8-6-12(4-2)7-9-13/h12,15H,3-11,14H2,1-2H3. The number of nitrogens with two attached hydrogens (primary N) is 1. The van der Waals surface area contributed by atoms with E-state index >= 15 is 0 Å². The summed E-state index contributed by atoms with van der Waals surface area (Å²) in [5, 5.41) is 0. The van der Waals surface area contributed by atoms with Crippen molar-refractivity contribution < 1.29 is 8.42 Å². The van der Waals surface area contributed by atoms with Crippen LogP contribution in [-0.4, -0.2) is 26.3 Å². The zero-order valence-corrected chi connectivity index (χ0v) is 12.6. The minimum atomic E-state index is -3.17. The van der Waals surface area contributed by atoms with Crippen molar-refractivity contribution in [3.8, 4) is 0 Å². The summed E-state index contributed by atoms with van der Waals surface area (Å²) >= 11 is 0. The highest BCUT2D eigenvalue weighted by molar-refractivity contribution is 7.89. The van der Waals surface area contributed by atoms with E-state index in [1.54, 1.807) is 0 Å². The molecule has 0 aromatic rings. The number of unbranched alkanes of at least 4 members (excludes halogenated alkanes) is 1. The van der Waals surface area contributed by atoms with E-state index in [1.807, 2.05) is 6.92 Å². The predicted molar refractivity (Wildman–Crippen MR) is 75.9 cm³/mol. The van der Waals surface area contributed by atoms with Crippen LogP contribution in [-0.2, 0) is 10.0 Å². The molecule has 1 rings (SSSR count).